The van der Waals surface area contributed by atoms with Crippen molar-refractivity contribution in [3.05, 3.63) is 55.7 Å². The van der Waals surface area contributed by atoms with Crippen LogP contribution in [0.2, 0.25) is 15.1 Å². The molecular formula is C16H13Cl5N2O2. The van der Waals surface area contributed by atoms with Gasteiger partial charge in [-0.15, -0.1) is 0 Å². The van der Waals surface area contributed by atoms with Crippen molar-refractivity contribution in [2.24, 2.45) is 0 Å². The second-order valence-corrected chi connectivity index (χ2v) is 8.03. The summed E-state index contributed by atoms with van der Waals surface area (Å²) in [4.78, 5) is 12.5. The lowest BCUT2D eigenvalue weighted by Gasteiger charge is -2.35. The highest BCUT2D eigenvalue weighted by atomic mass is 35.5. The largest absolute Gasteiger partial charge is 0.421 e. The van der Waals surface area contributed by atoms with Crippen LogP contribution < -0.4 is 10.6 Å². The molecule has 0 bridgehead atoms. The van der Waals surface area contributed by atoms with E-state index < -0.39 is 16.0 Å². The van der Waals surface area contributed by atoms with Crippen molar-refractivity contribution < 1.29 is 9.53 Å². The van der Waals surface area contributed by atoms with E-state index in [1.165, 1.54) is 0 Å². The summed E-state index contributed by atoms with van der Waals surface area (Å²) in [5.41, 5.74) is 0.799. The molecule has 134 valence electrons. The van der Waals surface area contributed by atoms with Crippen LogP contribution in [0.4, 0.5) is 0 Å². The number of rotatable bonds is 3. The minimum Gasteiger partial charge on any atom is -0.421 e. The molecule has 1 atom stereocenters. The van der Waals surface area contributed by atoms with E-state index >= 15 is 0 Å². The lowest BCUT2D eigenvalue weighted by molar-refractivity contribution is 0.0446. The summed E-state index contributed by atoms with van der Waals surface area (Å²) in [5.74, 6) is -0.707. The van der Waals surface area contributed by atoms with Gasteiger partial charge >= 0.3 is 5.97 Å². The summed E-state index contributed by atoms with van der Waals surface area (Å²) in [6.45, 7) is 0. The van der Waals surface area contributed by atoms with Crippen molar-refractivity contribution in [1.82, 2.24) is 10.6 Å². The Labute approximate surface area is 170 Å². The SMILES string of the molecule is CNC1=CCC(NC)(c2c(Cl)c(Cl)c(Cl)c3c2C(=O)OC3(Cl)Cl)C=C1. The maximum Gasteiger partial charge on any atom is 0.342 e. The maximum absolute atomic E-state index is 12.5. The topological polar surface area (TPSA) is 50.4 Å². The first-order valence-corrected chi connectivity index (χ1v) is 9.16. The molecule has 0 saturated heterocycles. The summed E-state index contributed by atoms with van der Waals surface area (Å²) in [6, 6.07) is 0. The van der Waals surface area contributed by atoms with Crippen molar-refractivity contribution in [2.45, 2.75) is 16.5 Å². The predicted molar refractivity (Wildman–Crippen MR) is 102 cm³/mol. The van der Waals surface area contributed by atoms with Crippen LogP contribution in [0.15, 0.2) is 23.9 Å². The monoisotopic (exact) mass is 440 g/mol. The average Bonchev–Trinajstić information content (AvgIpc) is 2.82. The predicted octanol–water partition coefficient (Wildman–Crippen LogP) is 4.88. The molecule has 0 aromatic heterocycles. The number of hydrogen-bond donors (Lipinski definition) is 2. The minimum absolute atomic E-state index is 0.00114. The van der Waals surface area contributed by atoms with Crippen LogP contribution in [0.5, 0.6) is 0 Å². The molecule has 3 rings (SSSR count). The zero-order valence-corrected chi connectivity index (χ0v) is 16.9. The number of ether oxygens (including phenoxy) is 1. The van der Waals surface area contributed by atoms with Crippen molar-refractivity contribution in [2.75, 3.05) is 14.1 Å². The van der Waals surface area contributed by atoms with E-state index in [4.69, 9.17) is 62.7 Å². The first-order valence-electron chi connectivity index (χ1n) is 7.27. The Morgan fingerprint density at radius 2 is 1.72 bits per heavy atom. The number of hydrogen-bond acceptors (Lipinski definition) is 4. The Kier molecular flexibility index (Phi) is 4.99. The molecule has 2 aliphatic rings. The van der Waals surface area contributed by atoms with E-state index in [1.54, 1.807) is 7.05 Å². The van der Waals surface area contributed by atoms with Gasteiger partial charge in [-0.05, 0) is 19.5 Å². The average molecular weight is 443 g/mol. The van der Waals surface area contributed by atoms with Crippen LogP contribution in [-0.2, 0) is 14.8 Å². The van der Waals surface area contributed by atoms with E-state index in [2.05, 4.69) is 10.6 Å². The van der Waals surface area contributed by atoms with Gasteiger partial charge in [0.05, 0.1) is 31.7 Å². The number of cyclic esters (lactones) is 1. The second-order valence-electron chi connectivity index (χ2n) is 5.64. The molecule has 0 radical (unpaired) electrons. The first-order chi connectivity index (χ1) is 11.7. The first kappa shape index (κ1) is 19.2. The molecule has 1 aromatic rings. The van der Waals surface area contributed by atoms with E-state index in [0.29, 0.717) is 12.0 Å². The Morgan fingerprint density at radius 1 is 1.08 bits per heavy atom. The molecule has 0 saturated carbocycles. The number of nitrogens with one attached hydrogen (secondary N) is 2. The van der Waals surface area contributed by atoms with Crippen LogP contribution in [0, 0.1) is 0 Å². The van der Waals surface area contributed by atoms with Crippen molar-refractivity contribution in [1.29, 1.82) is 0 Å². The number of allylic oxidation sites excluding steroid dienone is 1. The molecular weight excluding hydrogens is 429 g/mol. The summed E-state index contributed by atoms with van der Waals surface area (Å²) in [7, 11) is 3.57. The summed E-state index contributed by atoms with van der Waals surface area (Å²) in [5, 5.41) is 6.47. The number of carbonyl (C=O) groups excluding carboxylic acids is 1. The number of carbonyl (C=O) groups is 1. The minimum atomic E-state index is -1.92. The zero-order chi connectivity index (χ0) is 18.6. The number of fused-ring (bicyclic) bond motifs is 1. The van der Waals surface area contributed by atoms with Crippen LogP contribution in [0.3, 0.4) is 0 Å². The van der Waals surface area contributed by atoms with Crippen molar-refractivity contribution in [3.8, 4) is 0 Å². The Hall–Kier alpha value is -0.620. The number of likely N-dealkylation sites (N-methyl/N-ethyl adjacent to an activating group) is 2. The van der Waals surface area contributed by atoms with Crippen LogP contribution >= 0.6 is 58.0 Å². The highest BCUT2D eigenvalue weighted by molar-refractivity contribution is 6.53. The third-order valence-electron chi connectivity index (χ3n) is 4.41. The quantitative estimate of drug-likeness (QED) is 0.398. The third-order valence-corrected chi connectivity index (χ3v) is 6.27. The molecule has 0 fully saturated rings. The van der Waals surface area contributed by atoms with Gasteiger partial charge in [0.1, 0.15) is 0 Å². The number of esters is 1. The summed E-state index contributed by atoms with van der Waals surface area (Å²) < 4.78 is 3.16. The maximum atomic E-state index is 12.5. The van der Waals surface area contributed by atoms with Gasteiger partial charge in [0.2, 0.25) is 0 Å². The molecule has 0 spiro atoms. The van der Waals surface area contributed by atoms with Gasteiger partial charge in [0.25, 0.3) is 4.52 Å². The normalized spacial score (nSPS) is 24.0. The molecule has 1 aliphatic carbocycles. The third kappa shape index (κ3) is 2.84. The second kappa shape index (κ2) is 6.52. The lowest BCUT2D eigenvalue weighted by Crippen LogP contribution is -2.41. The van der Waals surface area contributed by atoms with Crippen molar-refractivity contribution in [3.63, 3.8) is 0 Å². The summed E-state index contributed by atoms with van der Waals surface area (Å²) >= 11 is 31.3. The summed E-state index contributed by atoms with van der Waals surface area (Å²) in [6.07, 6.45) is 6.24. The van der Waals surface area contributed by atoms with Gasteiger partial charge in [-0.1, -0.05) is 70.2 Å². The highest BCUT2D eigenvalue weighted by Crippen LogP contribution is 2.55. The van der Waals surface area contributed by atoms with Gasteiger partial charge in [-0.3, -0.25) is 0 Å². The molecule has 1 heterocycles. The van der Waals surface area contributed by atoms with Gasteiger partial charge in [-0.25, -0.2) is 4.79 Å². The highest BCUT2D eigenvalue weighted by Gasteiger charge is 2.50. The van der Waals surface area contributed by atoms with E-state index in [-0.39, 0.29) is 26.2 Å². The van der Waals surface area contributed by atoms with Gasteiger partial charge < -0.3 is 15.4 Å². The number of alkyl halides is 2. The smallest absolute Gasteiger partial charge is 0.342 e. The molecule has 0 amide bonds. The van der Waals surface area contributed by atoms with Gasteiger partial charge in [0.15, 0.2) is 0 Å². The molecule has 1 aliphatic heterocycles. The molecule has 9 heteroatoms. The van der Waals surface area contributed by atoms with Crippen LogP contribution in [0.1, 0.15) is 27.9 Å². The van der Waals surface area contributed by atoms with Crippen LogP contribution in [0.25, 0.3) is 0 Å². The lowest BCUT2D eigenvalue weighted by atomic mass is 9.79. The number of benzene rings is 1. The Morgan fingerprint density at radius 3 is 2.24 bits per heavy atom. The van der Waals surface area contributed by atoms with Gasteiger partial charge in [0, 0.05) is 18.3 Å². The standard InChI is InChI=1S/C16H13Cl5N2O2/c1-22-7-3-5-15(23-2,6-4-7)9-8-10(12(18)13(19)11(9)17)16(20,21)25-14(8)24/h3-5,22-23H,6H2,1-2H3. The van der Waals surface area contributed by atoms with E-state index in [1.807, 2.05) is 25.3 Å². The molecule has 1 aromatic carbocycles. The number of halogens is 5. The molecule has 4 nitrogen and oxygen atoms in total. The fourth-order valence-electron chi connectivity index (χ4n) is 3.10. The van der Waals surface area contributed by atoms with Crippen LogP contribution in [-0.4, -0.2) is 20.1 Å². The Bertz CT molecular complexity index is 835. The Balaban J connectivity index is 2.33. The molecule has 25 heavy (non-hydrogen) atoms. The van der Waals surface area contributed by atoms with E-state index in [9.17, 15) is 4.79 Å². The fourth-order valence-corrected chi connectivity index (χ4v) is 4.63. The van der Waals surface area contributed by atoms with E-state index in [0.717, 1.165) is 5.70 Å². The zero-order valence-electron chi connectivity index (χ0n) is 13.1. The fraction of sp³-hybridized carbons (Fsp3) is 0.312. The molecule has 1 unspecified atom stereocenters. The van der Waals surface area contributed by atoms with Crippen molar-refractivity contribution >= 4 is 64.0 Å². The van der Waals surface area contributed by atoms with Gasteiger partial charge in [-0.2, -0.15) is 0 Å². The molecule has 2 N–H and O–H groups in total.